The molecule has 0 radical (unpaired) electrons. The van der Waals surface area contributed by atoms with E-state index in [2.05, 4.69) is 23.2 Å². The van der Waals surface area contributed by atoms with Crippen LogP contribution in [0.15, 0.2) is 34.2 Å². The van der Waals surface area contributed by atoms with Gasteiger partial charge < -0.3 is 0 Å². The molecule has 2 rings (SSSR count). The summed E-state index contributed by atoms with van der Waals surface area (Å²) in [5.41, 5.74) is 1.60. The van der Waals surface area contributed by atoms with Crippen LogP contribution in [0.3, 0.4) is 0 Å². The van der Waals surface area contributed by atoms with Gasteiger partial charge in [0.05, 0.1) is 11.6 Å². The molecule has 1 heterocycles. The van der Waals surface area contributed by atoms with Gasteiger partial charge in [-0.2, -0.15) is 5.26 Å². The maximum atomic E-state index is 11.6. The van der Waals surface area contributed by atoms with Gasteiger partial charge in [-0.3, -0.25) is 4.57 Å². The van der Waals surface area contributed by atoms with Crippen molar-refractivity contribution in [1.82, 2.24) is 14.8 Å². The van der Waals surface area contributed by atoms with Crippen molar-refractivity contribution < 1.29 is 0 Å². The minimum atomic E-state index is -0.152. The Kier molecular flexibility index (Phi) is 5.02. The molecule has 0 amide bonds. The topological polar surface area (TPSA) is 74.5 Å². The Balaban J connectivity index is 2.03. The number of nitrogens with one attached hydrogen (secondary N) is 1. The van der Waals surface area contributed by atoms with E-state index in [1.807, 2.05) is 12.1 Å². The van der Waals surface area contributed by atoms with Gasteiger partial charge in [-0.15, -0.1) is 5.10 Å². The maximum Gasteiger partial charge on any atom is 0.343 e. The average molecular weight is 288 g/mol. The maximum absolute atomic E-state index is 11.6. The van der Waals surface area contributed by atoms with Crippen molar-refractivity contribution >= 4 is 11.8 Å². The zero-order valence-electron chi connectivity index (χ0n) is 11.3. The van der Waals surface area contributed by atoms with Crippen LogP contribution >= 0.6 is 11.8 Å². The van der Waals surface area contributed by atoms with Gasteiger partial charge in [0.2, 0.25) is 0 Å². The van der Waals surface area contributed by atoms with Crippen molar-refractivity contribution in [3.8, 4) is 6.07 Å². The fraction of sp³-hybridized carbons (Fsp3) is 0.357. The highest BCUT2D eigenvalue weighted by Crippen LogP contribution is 2.20. The van der Waals surface area contributed by atoms with Gasteiger partial charge in [-0.25, -0.2) is 9.89 Å². The first-order valence-electron chi connectivity index (χ1n) is 6.51. The van der Waals surface area contributed by atoms with Crippen LogP contribution in [0.2, 0.25) is 0 Å². The van der Waals surface area contributed by atoms with Gasteiger partial charge in [0.15, 0.2) is 5.16 Å². The smallest absolute Gasteiger partial charge is 0.270 e. The van der Waals surface area contributed by atoms with Gasteiger partial charge >= 0.3 is 5.69 Å². The van der Waals surface area contributed by atoms with Gasteiger partial charge in [0.25, 0.3) is 0 Å². The van der Waals surface area contributed by atoms with Gasteiger partial charge in [0.1, 0.15) is 0 Å². The van der Waals surface area contributed by atoms with Gasteiger partial charge in [0, 0.05) is 12.3 Å². The molecule has 0 aliphatic heterocycles. The number of thioether (sulfide) groups is 1. The molecule has 0 saturated carbocycles. The van der Waals surface area contributed by atoms with E-state index in [4.69, 9.17) is 5.26 Å². The monoisotopic (exact) mass is 288 g/mol. The lowest BCUT2D eigenvalue weighted by atomic mass is 10.2. The van der Waals surface area contributed by atoms with E-state index in [-0.39, 0.29) is 5.69 Å². The van der Waals surface area contributed by atoms with E-state index in [0.29, 0.717) is 17.3 Å². The molecule has 1 N–H and O–H groups in total. The highest BCUT2D eigenvalue weighted by Gasteiger charge is 2.08. The van der Waals surface area contributed by atoms with Crippen molar-refractivity contribution in [3.05, 3.63) is 45.9 Å². The first kappa shape index (κ1) is 14.4. The standard InChI is InChI=1S/C14H16N4OS/c1-2-3-8-18-13(19)16-17-14(18)20-10-12-6-4-11(9-15)5-7-12/h4-7H,2-3,8,10H2,1H3,(H,16,19). The van der Waals surface area contributed by atoms with Crippen molar-refractivity contribution in [3.63, 3.8) is 0 Å². The largest absolute Gasteiger partial charge is 0.343 e. The highest BCUT2D eigenvalue weighted by molar-refractivity contribution is 7.98. The molecule has 2 aromatic rings. The van der Waals surface area contributed by atoms with Gasteiger partial charge in [-0.05, 0) is 24.1 Å². The average Bonchev–Trinajstić information content (AvgIpc) is 2.84. The summed E-state index contributed by atoms with van der Waals surface area (Å²) in [4.78, 5) is 11.6. The molecule has 0 unspecified atom stereocenters. The minimum Gasteiger partial charge on any atom is -0.270 e. The lowest BCUT2D eigenvalue weighted by molar-refractivity contribution is 0.573. The fourth-order valence-electron chi connectivity index (χ4n) is 1.75. The van der Waals surface area contributed by atoms with E-state index < -0.39 is 0 Å². The van der Waals surface area contributed by atoms with Crippen molar-refractivity contribution in [1.29, 1.82) is 5.26 Å². The summed E-state index contributed by atoms with van der Waals surface area (Å²) in [6.45, 7) is 2.79. The fourth-order valence-corrected chi connectivity index (χ4v) is 2.68. The summed E-state index contributed by atoms with van der Waals surface area (Å²) in [5.74, 6) is 0.724. The van der Waals surface area contributed by atoms with E-state index in [0.717, 1.165) is 24.2 Å². The molecule has 6 heteroatoms. The molecular formula is C14H16N4OS. The molecule has 0 saturated heterocycles. The Hall–Kier alpha value is -2.00. The summed E-state index contributed by atoms with van der Waals surface area (Å²) >= 11 is 1.52. The molecule has 0 atom stereocenters. The molecule has 20 heavy (non-hydrogen) atoms. The van der Waals surface area contributed by atoms with Crippen LogP contribution in [-0.2, 0) is 12.3 Å². The number of nitriles is 1. The van der Waals surface area contributed by atoms with E-state index in [1.165, 1.54) is 11.8 Å². The van der Waals surface area contributed by atoms with E-state index in [9.17, 15) is 4.79 Å². The number of unbranched alkanes of at least 4 members (excludes halogenated alkanes) is 1. The third-order valence-corrected chi connectivity index (χ3v) is 3.96. The van der Waals surface area contributed by atoms with Crippen LogP contribution in [0.5, 0.6) is 0 Å². The number of aromatic amines is 1. The predicted molar refractivity (Wildman–Crippen MR) is 78.5 cm³/mol. The molecule has 104 valence electrons. The molecule has 1 aromatic heterocycles. The summed E-state index contributed by atoms with van der Waals surface area (Å²) in [6, 6.07) is 9.53. The lowest BCUT2D eigenvalue weighted by Gasteiger charge is -2.04. The number of hydrogen-bond donors (Lipinski definition) is 1. The molecule has 0 aliphatic rings. The number of nitrogens with zero attached hydrogens (tertiary/aromatic N) is 3. The second-order valence-corrected chi connectivity index (χ2v) is 5.36. The van der Waals surface area contributed by atoms with Crippen molar-refractivity contribution in [2.45, 2.75) is 37.2 Å². The molecular weight excluding hydrogens is 272 g/mol. The van der Waals surface area contributed by atoms with Crippen molar-refractivity contribution in [2.75, 3.05) is 0 Å². The first-order valence-corrected chi connectivity index (χ1v) is 7.50. The number of H-pyrrole nitrogens is 1. The number of benzene rings is 1. The zero-order valence-corrected chi connectivity index (χ0v) is 12.1. The predicted octanol–water partition coefficient (Wildman–Crippen LogP) is 2.54. The zero-order chi connectivity index (χ0) is 14.4. The van der Waals surface area contributed by atoms with E-state index in [1.54, 1.807) is 16.7 Å². The summed E-state index contributed by atoms with van der Waals surface area (Å²) in [5, 5.41) is 16.0. The van der Waals surface area contributed by atoms with Crippen molar-refractivity contribution in [2.24, 2.45) is 0 Å². The number of rotatable bonds is 6. The highest BCUT2D eigenvalue weighted by atomic mass is 32.2. The molecule has 1 aromatic carbocycles. The Morgan fingerprint density at radius 1 is 1.40 bits per heavy atom. The molecule has 0 fully saturated rings. The Morgan fingerprint density at radius 2 is 2.15 bits per heavy atom. The third kappa shape index (κ3) is 3.52. The molecule has 5 nitrogen and oxygen atoms in total. The van der Waals surface area contributed by atoms with Crippen LogP contribution in [-0.4, -0.2) is 14.8 Å². The number of aromatic nitrogens is 3. The van der Waals surface area contributed by atoms with Crippen LogP contribution < -0.4 is 5.69 Å². The number of hydrogen-bond acceptors (Lipinski definition) is 4. The lowest BCUT2D eigenvalue weighted by Crippen LogP contribution is -2.17. The second-order valence-electron chi connectivity index (χ2n) is 4.41. The SMILES string of the molecule is CCCCn1c(SCc2ccc(C#N)cc2)n[nH]c1=O. The normalized spacial score (nSPS) is 10.4. The minimum absolute atomic E-state index is 0.152. The summed E-state index contributed by atoms with van der Waals surface area (Å²) < 4.78 is 1.68. The summed E-state index contributed by atoms with van der Waals surface area (Å²) in [6.07, 6.45) is 2.00. The second kappa shape index (κ2) is 6.96. The van der Waals surface area contributed by atoms with Crippen LogP contribution in [0.1, 0.15) is 30.9 Å². The quantitative estimate of drug-likeness (QED) is 0.829. The Bertz CT molecular complexity index is 651. The third-order valence-electron chi connectivity index (χ3n) is 2.91. The molecule has 0 bridgehead atoms. The van der Waals surface area contributed by atoms with Gasteiger partial charge in [-0.1, -0.05) is 37.2 Å². The van der Waals surface area contributed by atoms with Crippen LogP contribution in [0.25, 0.3) is 0 Å². The molecule has 0 spiro atoms. The van der Waals surface area contributed by atoms with Crippen LogP contribution in [0, 0.1) is 11.3 Å². The molecule has 0 aliphatic carbocycles. The Labute approximate surface area is 121 Å². The van der Waals surface area contributed by atoms with E-state index >= 15 is 0 Å². The van der Waals surface area contributed by atoms with Crippen LogP contribution in [0.4, 0.5) is 0 Å². The summed E-state index contributed by atoms with van der Waals surface area (Å²) in [7, 11) is 0. The Morgan fingerprint density at radius 3 is 2.80 bits per heavy atom. The first-order chi connectivity index (χ1) is 9.74.